The number of H-pyrrole nitrogens is 3. The summed E-state index contributed by atoms with van der Waals surface area (Å²) in [6, 6.07) is 0.127. The number of fused-ring (bicyclic) bond motifs is 1. The highest BCUT2D eigenvalue weighted by Crippen LogP contribution is 2.06. The smallest absolute Gasteiger partial charge is 0.277 e. The Hall–Kier alpha value is -2.26. The molecule has 0 fully saturated rings. The van der Waals surface area contributed by atoms with Crippen LogP contribution in [0, 0.1) is 4.77 Å². The van der Waals surface area contributed by atoms with Crippen LogP contribution in [0.2, 0.25) is 0 Å². The first-order valence-electron chi connectivity index (χ1n) is 7.51. The monoisotopic (exact) mass is 333 g/mol. The number of aryl methyl sites for hydroxylation is 1. The van der Waals surface area contributed by atoms with Crippen molar-refractivity contribution in [2.24, 2.45) is 0 Å². The Morgan fingerprint density at radius 1 is 1.43 bits per heavy atom. The molecule has 4 N–H and O–H groups in total. The molecule has 0 radical (unpaired) electrons. The van der Waals surface area contributed by atoms with E-state index in [-0.39, 0.29) is 11.6 Å². The molecule has 0 spiro atoms. The van der Waals surface area contributed by atoms with Crippen molar-refractivity contribution >= 4 is 23.4 Å². The molecule has 23 heavy (non-hydrogen) atoms. The molecule has 3 rings (SSSR count). The lowest BCUT2D eigenvalue weighted by molar-refractivity contribution is 0.469. The zero-order chi connectivity index (χ0) is 16.4. The van der Waals surface area contributed by atoms with Gasteiger partial charge in [-0.15, -0.1) is 0 Å². The molecular weight excluding hydrogens is 314 g/mol. The lowest BCUT2D eigenvalue weighted by Gasteiger charge is -2.15. The van der Waals surface area contributed by atoms with E-state index in [1.165, 1.54) is 6.33 Å². The quantitative estimate of drug-likeness (QED) is 0.508. The average molecular weight is 333 g/mol. The molecule has 9 heteroatoms. The van der Waals surface area contributed by atoms with Gasteiger partial charge in [-0.1, -0.05) is 6.92 Å². The van der Waals surface area contributed by atoms with Crippen LogP contribution in [-0.2, 0) is 19.5 Å². The summed E-state index contributed by atoms with van der Waals surface area (Å²) in [4.78, 5) is 29.1. The van der Waals surface area contributed by atoms with E-state index < -0.39 is 0 Å². The largest absolute Gasteiger partial charge is 0.347 e. The standard InChI is InChI=1S/C14H19N7OS/c1-3-9-4-16-10(19-9)5-15-8(2)6-21-12-11(17-7-18-12)13(22)20-14(21)23/h4,7-8,15H,3,5-6H2,1-2H3,(H,16,19)(H,17,18)(H,20,22,23). The third-order valence-electron chi connectivity index (χ3n) is 3.69. The molecule has 122 valence electrons. The second-order valence-electron chi connectivity index (χ2n) is 5.45. The molecule has 3 aromatic rings. The van der Waals surface area contributed by atoms with E-state index in [0.717, 1.165) is 17.9 Å². The number of imidazole rings is 2. The summed E-state index contributed by atoms with van der Waals surface area (Å²) in [7, 11) is 0. The van der Waals surface area contributed by atoms with Gasteiger partial charge in [-0.2, -0.15) is 0 Å². The molecule has 0 saturated heterocycles. The van der Waals surface area contributed by atoms with Crippen LogP contribution in [0.3, 0.4) is 0 Å². The summed E-state index contributed by atoms with van der Waals surface area (Å²) in [5.74, 6) is 0.906. The molecule has 0 aliphatic carbocycles. The van der Waals surface area contributed by atoms with Crippen molar-refractivity contribution < 1.29 is 0 Å². The summed E-state index contributed by atoms with van der Waals surface area (Å²) < 4.78 is 2.19. The molecule has 3 aromatic heterocycles. The summed E-state index contributed by atoms with van der Waals surface area (Å²) >= 11 is 5.26. The van der Waals surface area contributed by atoms with Gasteiger partial charge in [0.2, 0.25) is 0 Å². The topological polar surface area (TPSA) is 107 Å². The van der Waals surface area contributed by atoms with E-state index in [4.69, 9.17) is 12.2 Å². The fourth-order valence-electron chi connectivity index (χ4n) is 2.44. The summed E-state index contributed by atoms with van der Waals surface area (Å²) in [5, 5.41) is 3.39. The highest BCUT2D eigenvalue weighted by Gasteiger charge is 2.11. The number of nitrogens with one attached hydrogen (secondary N) is 4. The van der Waals surface area contributed by atoms with Crippen LogP contribution in [0.1, 0.15) is 25.4 Å². The third kappa shape index (κ3) is 3.25. The molecular formula is C14H19N7OS. The van der Waals surface area contributed by atoms with Crippen LogP contribution in [0.15, 0.2) is 17.3 Å². The number of hydrogen-bond donors (Lipinski definition) is 4. The minimum absolute atomic E-state index is 0.127. The molecule has 0 bridgehead atoms. The maximum atomic E-state index is 11.8. The first-order valence-corrected chi connectivity index (χ1v) is 7.92. The first-order chi connectivity index (χ1) is 11.1. The van der Waals surface area contributed by atoms with Gasteiger partial charge >= 0.3 is 0 Å². The second-order valence-corrected chi connectivity index (χ2v) is 5.83. The maximum absolute atomic E-state index is 11.8. The van der Waals surface area contributed by atoms with E-state index in [2.05, 4.69) is 44.1 Å². The van der Waals surface area contributed by atoms with Gasteiger partial charge in [0.05, 0.1) is 18.6 Å². The van der Waals surface area contributed by atoms with E-state index in [1.807, 2.05) is 10.8 Å². The van der Waals surface area contributed by atoms with Crippen molar-refractivity contribution in [2.75, 3.05) is 0 Å². The van der Waals surface area contributed by atoms with Gasteiger partial charge in [0.1, 0.15) is 11.3 Å². The van der Waals surface area contributed by atoms with Crippen molar-refractivity contribution in [3.8, 4) is 0 Å². The van der Waals surface area contributed by atoms with E-state index >= 15 is 0 Å². The van der Waals surface area contributed by atoms with E-state index in [0.29, 0.717) is 29.0 Å². The Bertz CT molecular complexity index is 919. The van der Waals surface area contributed by atoms with Crippen molar-refractivity contribution in [1.29, 1.82) is 0 Å². The van der Waals surface area contributed by atoms with E-state index in [1.54, 1.807) is 0 Å². The molecule has 0 saturated carbocycles. The highest BCUT2D eigenvalue weighted by molar-refractivity contribution is 7.71. The lowest BCUT2D eigenvalue weighted by atomic mass is 10.3. The van der Waals surface area contributed by atoms with Crippen LogP contribution in [0.5, 0.6) is 0 Å². The van der Waals surface area contributed by atoms with Crippen LogP contribution >= 0.6 is 12.2 Å². The number of nitrogens with zero attached hydrogens (tertiary/aromatic N) is 3. The SMILES string of the molecule is CCc1c[nH]c(CNC(C)Cn2c(=S)[nH]c(=O)c3[nH]cnc32)n1. The summed E-state index contributed by atoms with van der Waals surface area (Å²) in [6.45, 7) is 5.36. The fraction of sp³-hybridized carbons (Fsp3) is 0.429. The first kappa shape index (κ1) is 15.6. The van der Waals surface area contributed by atoms with Crippen molar-refractivity contribution in [1.82, 2.24) is 34.8 Å². The van der Waals surface area contributed by atoms with Gasteiger partial charge in [0, 0.05) is 18.8 Å². The van der Waals surface area contributed by atoms with Gasteiger partial charge in [0.25, 0.3) is 5.56 Å². The Kier molecular flexibility index (Phi) is 4.39. The van der Waals surface area contributed by atoms with Crippen molar-refractivity contribution in [2.45, 2.75) is 39.4 Å². The van der Waals surface area contributed by atoms with Crippen LogP contribution in [-0.4, -0.2) is 35.5 Å². The van der Waals surface area contributed by atoms with Crippen LogP contribution in [0.25, 0.3) is 11.2 Å². The maximum Gasteiger partial charge on any atom is 0.277 e. The number of aromatic nitrogens is 6. The lowest BCUT2D eigenvalue weighted by Crippen LogP contribution is -2.31. The number of rotatable bonds is 6. The second kappa shape index (κ2) is 6.47. The Balaban J connectivity index is 1.73. The zero-order valence-corrected chi connectivity index (χ0v) is 13.8. The normalized spacial score (nSPS) is 12.8. The molecule has 1 atom stereocenters. The van der Waals surface area contributed by atoms with Gasteiger partial charge in [-0.25, -0.2) is 9.97 Å². The van der Waals surface area contributed by atoms with Gasteiger partial charge in [-0.3, -0.25) is 14.3 Å². The fourth-order valence-corrected chi connectivity index (χ4v) is 2.69. The Morgan fingerprint density at radius 3 is 3.00 bits per heavy atom. The molecule has 0 aromatic carbocycles. The van der Waals surface area contributed by atoms with Crippen LogP contribution in [0.4, 0.5) is 0 Å². The average Bonchev–Trinajstić information content (AvgIpc) is 3.18. The number of aromatic amines is 3. The van der Waals surface area contributed by atoms with Gasteiger partial charge in [-0.05, 0) is 25.6 Å². The minimum atomic E-state index is -0.248. The minimum Gasteiger partial charge on any atom is -0.347 e. The molecule has 0 aliphatic heterocycles. The molecule has 3 heterocycles. The van der Waals surface area contributed by atoms with Crippen molar-refractivity contribution in [3.05, 3.63) is 39.2 Å². The summed E-state index contributed by atoms with van der Waals surface area (Å²) in [5.41, 5.74) is 1.81. The van der Waals surface area contributed by atoms with E-state index in [9.17, 15) is 4.79 Å². The molecule has 0 amide bonds. The predicted molar refractivity (Wildman–Crippen MR) is 89.8 cm³/mol. The van der Waals surface area contributed by atoms with Crippen LogP contribution < -0.4 is 10.9 Å². The van der Waals surface area contributed by atoms with Crippen molar-refractivity contribution in [3.63, 3.8) is 0 Å². The predicted octanol–water partition coefficient (Wildman–Crippen LogP) is 1.25. The highest BCUT2D eigenvalue weighted by atomic mass is 32.1. The Morgan fingerprint density at radius 2 is 2.26 bits per heavy atom. The molecule has 0 aliphatic rings. The van der Waals surface area contributed by atoms with Gasteiger partial charge in [0.15, 0.2) is 10.4 Å². The van der Waals surface area contributed by atoms with Gasteiger partial charge < -0.3 is 15.3 Å². The molecule has 8 nitrogen and oxygen atoms in total. The summed E-state index contributed by atoms with van der Waals surface area (Å²) in [6.07, 6.45) is 4.33. The third-order valence-corrected chi connectivity index (χ3v) is 4.01. The zero-order valence-electron chi connectivity index (χ0n) is 13.0. The molecule has 1 unspecified atom stereocenters. The number of hydrogen-bond acceptors (Lipinski definition) is 5. The Labute approximate surface area is 137 Å².